The number of carbonyl (C=O) groups is 3. The third-order valence-electron chi connectivity index (χ3n) is 4.97. The van der Waals surface area contributed by atoms with Crippen LogP contribution in [0.3, 0.4) is 0 Å². The molecule has 2 aliphatic rings. The number of nitrogens with one attached hydrogen (secondary N) is 1. The average Bonchev–Trinajstić information content (AvgIpc) is 3.32. The fourth-order valence-corrected chi connectivity index (χ4v) is 3.83. The molecule has 7 heteroatoms. The highest BCUT2D eigenvalue weighted by atomic mass is 79.9. The number of anilines is 1. The Morgan fingerprint density at radius 1 is 1.27 bits per heavy atom. The summed E-state index contributed by atoms with van der Waals surface area (Å²) in [7, 11) is 1.62. The van der Waals surface area contributed by atoms with Gasteiger partial charge in [-0.15, -0.1) is 0 Å². The Morgan fingerprint density at radius 3 is 2.65 bits per heavy atom. The normalized spacial score (nSPS) is 19.3. The second-order valence-corrected chi connectivity index (χ2v) is 8.08. The second kappa shape index (κ2) is 7.78. The lowest BCUT2D eigenvalue weighted by Crippen LogP contribution is -2.48. The van der Waals surface area contributed by atoms with Crippen molar-refractivity contribution in [1.29, 1.82) is 0 Å². The lowest BCUT2D eigenvalue weighted by molar-refractivity contribution is -0.144. The van der Waals surface area contributed by atoms with E-state index in [1.54, 1.807) is 11.9 Å². The summed E-state index contributed by atoms with van der Waals surface area (Å²) in [6.07, 6.45) is 3.38. The van der Waals surface area contributed by atoms with Gasteiger partial charge in [0.2, 0.25) is 17.7 Å². The summed E-state index contributed by atoms with van der Waals surface area (Å²) in [6.45, 7) is 2.52. The number of rotatable bonds is 5. The summed E-state index contributed by atoms with van der Waals surface area (Å²) in [4.78, 5) is 40.5. The molecule has 6 nitrogen and oxygen atoms in total. The van der Waals surface area contributed by atoms with Crippen LogP contribution in [0.2, 0.25) is 0 Å². The number of amides is 3. The van der Waals surface area contributed by atoms with E-state index >= 15 is 0 Å². The van der Waals surface area contributed by atoms with E-state index in [4.69, 9.17) is 0 Å². The predicted octanol–water partition coefficient (Wildman–Crippen LogP) is 2.56. The van der Waals surface area contributed by atoms with Crippen molar-refractivity contribution >= 4 is 39.3 Å². The Bertz CT molecular complexity index is 733. The molecule has 1 saturated carbocycles. The monoisotopic (exact) mass is 421 g/mol. The molecule has 1 aliphatic carbocycles. The Kier molecular flexibility index (Phi) is 5.65. The van der Waals surface area contributed by atoms with Crippen molar-refractivity contribution in [3.8, 4) is 0 Å². The molecule has 26 heavy (non-hydrogen) atoms. The zero-order valence-electron chi connectivity index (χ0n) is 15.1. The average molecular weight is 422 g/mol. The van der Waals surface area contributed by atoms with Crippen molar-refractivity contribution in [3.63, 3.8) is 0 Å². The molecule has 1 heterocycles. The van der Waals surface area contributed by atoms with Crippen LogP contribution in [0.5, 0.6) is 0 Å². The van der Waals surface area contributed by atoms with Gasteiger partial charge >= 0.3 is 0 Å². The minimum atomic E-state index is -0.421. The summed E-state index contributed by atoms with van der Waals surface area (Å²) in [6, 6.07) is 5.18. The van der Waals surface area contributed by atoms with Crippen LogP contribution in [-0.2, 0) is 14.4 Å². The molecular weight excluding hydrogens is 398 g/mol. The maximum absolute atomic E-state index is 12.7. The summed E-state index contributed by atoms with van der Waals surface area (Å²) < 4.78 is 0.946. The van der Waals surface area contributed by atoms with E-state index in [1.165, 1.54) is 4.90 Å². The molecule has 140 valence electrons. The van der Waals surface area contributed by atoms with Crippen molar-refractivity contribution in [2.75, 3.05) is 25.5 Å². The minimum absolute atomic E-state index is 0.0315. The molecule has 1 aromatic rings. The van der Waals surface area contributed by atoms with Crippen LogP contribution in [0.1, 0.15) is 31.2 Å². The molecule has 0 unspecified atom stereocenters. The molecule has 1 aliphatic heterocycles. The van der Waals surface area contributed by atoms with Crippen LogP contribution >= 0.6 is 15.9 Å². The van der Waals surface area contributed by atoms with Crippen molar-refractivity contribution in [1.82, 2.24) is 9.80 Å². The van der Waals surface area contributed by atoms with E-state index in [1.807, 2.05) is 25.1 Å². The quantitative estimate of drug-likeness (QED) is 0.793. The minimum Gasteiger partial charge on any atom is -0.335 e. The maximum atomic E-state index is 12.7. The van der Waals surface area contributed by atoms with Gasteiger partial charge in [-0.05, 0) is 56.4 Å². The first-order valence-corrected chi connectivity index (χ1v) is 9.77. The van der Waals surface area contributed by atoms with Crippen molar-refractivity contribution in [2.45, 2.75) is 38.6 Å². The Balaban J connectivity index is 1.57. The second-order valence-electron chi connectivity index (χ2n) is 7.17. The molecule has 0 aromatic heterocycles. The summed E-state index contributed by atoms with van der Waals surface area (Å²) >= 11 is 3.39. The van der Waals surface area contributed by atoms with Gasteiger partial charge in [0.25, 0.3) is 0 Å². The van der Waals surface area contributed by atoms with Gasteiger partial charge in [-0.2, -0.15) is 0 Å². The number of halogens is 1. The number of aryl methyl sites for hydroxylation is 1. The van der Waals surface area contributed by atoms with E-state index in [0.29, 0.717) is 13.0 Å². The molecule has 1 N–H and O–H groups in total. The number of nitrogens with zero attached hydrogens (tertiary/aromatic N) is 2. The number of likely N-dealkylation sites (tertiary alicyclic amines) is 1. The van der Waals surface area contributed by atoms with Crippen LogP contribution in [0, 0.1) is 12.8 Å². The maximum Gasteiger partial charge on any atom is 0.245 e. The van der Waals surface area contributed by atoms with Gasteiger partial charge in [-0.1, -0.05) is 15.9 Å². The van der Waals surface area contributed by atoms with Crippen molar-refractivity contribution in [2.24, 2.45) is 5.92 Å². The highest BCUT2D eigenvalue weighted by Crippen LogP contribution is 2.34. The van der Waals surface area contributed by atoms with Gasteiger partial charge in [0.1, 0.15) is 6.04 Å². The Labute approximate surface area is 162 Å². The molecule has 0 radical (unpaired) electrons. The standard InChI is InChI=1S/C19H24BrN3O3/c1-12-10-14(20)7-8-15(12)21-17(24)11-22(2)19(26)16-4-3-9-23(16)18(25)13-5-6-13/h7-8,10,13,16H,3-6,9,11H2,1-2H3,(H,21,24)/t16-/m0/s1. The van der Waals surface area contributed by atoms with E-state index in [0.717, 1.165) is 35.0 Å². The van der Waals surface area contributed by atoms with Gasteiger partial charge in [0.05, 0.1) is 6.54 Å². The molecule has 1 saturated heterocycles. The smallest absolute Gasteiger partial charge is 0.245 e. The van der Waals surface area contributed by atoms with Crippen LogP contribution in [0.15, 0.2) is 22.7 Å². The van der Waals surface area contributed by atoms with Crippen LogP contribution in [0.4, 0.5) is 5.69 Å². The molecule has 2 fully saturated rings. The number of likely N-dealkylation sites (N-methyl/N-ethyl adjacent to an activating group) is 1. The van der Waals surface area contributed by atoms with E-state index < -0.39 is 6.04 Å². The van der Waals surface area contributed by atoms with Gasteiger partial charge in [0, 0.05) is 29.7 Å². The number of hydrogen-bond donors (Lipinski definition) is 1. The lowest BCUT2D eigenvalue weighted by Gasteiger charge is -2.28. The third-order valence-corrected chi connectivity index (χ3v) is 5.46. The first kappa shape index (κ1) is 18.9. The van der Waals surface area contributed by atoms with E-state index in [2.05, 4.69) is 21.2 Å². The third kappa shape index (κ3) is 4.26. The summed E-state index contributed by atoms with van der Waals surface area (Å²) in [5, 5.41) is 2.84. The van der Waals surface area contributed by atoms with Crippen LogP contribution in [0.25, 0.3) is 0 Å². The fraction of sp³-hybridized carbons (Fsp3) is 0.526. The Hall–Kier alpha value is -1.89. The summed E-state index contributed by atoms with van der Waals surface area (Å²) in [5.41, 5.74) is 1.67. The largest absolute Gasteiger partial charge is 0.335 e. The number of hydrogen-bond acceptors (Lipinski definition) is 3. The molecular formula is C19H24BrN3O3. The zero-order chi connectivity index (χ0) is 18.8. The SMILES string of the molecule is Cc1cc(Br)ccc1NC(=O)CN(C)C(=O)[C@@H]1CCCN1C(=O)C1CC1. The molecule has 3 amide bonds. The first-order chi connectivity index (χ1) is 12.4. The van der Waals surface area contributed by atoms with Gasteiger partial charge < -0.3 is 15.1 Å². The predicted molar refractivity (Wildman–Crippen MR) is 103 cm³/mol. The van der Waals surface area contributed by atoms with Gasteiger partial charge in [0.15, 0.2) is 0 Å². The van der Waals surface area contributed by atoms with Gasteiger partial charge in [-0.25, -0.2) is 0 Å². The highest BCUT2D eigenvalue weighted by molar-refractivity contribution is 9.10. The number of benzene rings is 1. The van der Waals surface area contributed by atoms with Crippen molar-refractivity contribution in [3.05, 3.63) is 28.2 Å². The molecule has 1 atom stereocenters. The fourth-order valence-electron chi connectivity index (χ4n) is 3.36. The number of carbonyl (C=O) groups excluding carboxylic acids is 3. The van der Waals surface area contributed by atoms with Crippen LogP contribution in [-0.4, -0.2) is 53.7 Å². The molecule has 0 bridgehead atoms. The lowest BCUT2D eigenvalue weighted by atomic mass is 10.2. The molecule has 3 rings (SSSR count). The molecule has 0 spiro atoms. The van der Waals surface area contributed by atoms with Gasteiger partial charge in [-0.3, -0.25) is 14.4 Å². The highest BCUT2D eigenvalue weighted by Gasteiger charge is 2.41. The Morgan fingerprint density at radius 2 is 2.00 bits per heavy atom. The zero-order valence-corrected chi connectivity index (χ0v) is 16.7. The summed E-state index contributed by atoms with van der Waals surface area (Å²) in [5.74, 6) is -0.190. The molecule has 1 aromatic carbocycles. The van der Waals surface area contributed by atoms with E-state index in [9.17, 15) is 14.4 Å². The van der Waals surface area contributed by atoms with E-state index in [-0.39, 0.29) is 30.2 Å². The van der Waals surface area contributed by atoms with Crippen molar-refractivity contribution < 1.29 is 14.4 Å². The topological polar surface area (TPSA) is 69.7 Å². The first-order valence-electron chi connectivity index (χ1n) is 8.98. The van der Waals surface area contributed by atoms with Crippen LogP contribution < -0.4 is 5.32 Å².